The summed E-state index contributed by atoms with van der Waals surface area (Å²) in [7, 11) is 0. The zero-order valence-corrected chi connectivity index (χ0v) is 10.7. The van der Waals surface area contributed by atoms with Crippen molar-refractivity contribution in [1.29, 1.82) is 0 Å². The Morgan fingerprint density at radius 3 is 2.69 bits per heavy atom. The van der Waals surface area contributed by atoms with Gasteiger partial charge in [-0.3, -0.25) is 0 Å². The van der Waals surface area contributed by atoms with Gasteiger partial charge in [0.1, 0.15) is 0 Å². The Kier molecular flexibility index (Phi) is 3.65. The molecule has 0 radical (unpaired) electrons. The van der Waals surface area contributed by atoms with Crippen LogP contribution in [0, 0.1) is 19.8 Å². The van der Waals surface area contributed by atoms with Gasteiger partial charge in [-0.05, 0) is 56.7 Å². The zero-order valence-electron chi connectivity index (χ0n) is 10.7. The van der Waals surface area contributed by atoms with E-state index in [-0.39, 0.29) is 0 Å². The largest absolute Gasteiger partial charge is 0.310 e. The third-order valence-corrected chi connectivity index (χ3v) is 3.48. The molecule has 1 aliphatic rings. The van der Waals surface area contributed by atoms with E-state index in [2.05, 4.69) is 44.3 Å². The molecule has 1 fully saturated rings. The van der Waals surface area contributed by atoms with E-state index in [1.807, 2.05) is 0 Å². The van der Waals surface area contributed by atoms with Crippen molar-refractivity contribution in [3.05, 3.63) is 34.9 Å². The summed E-state index contributed by atoms with van der Waals surface area (Å²) in [6, 6.07) is 7.43. The molecule has 1 unspecified atom stereocenters. The number of aryl methyl sites for hydroxylation is 2. The molecule has 0 aliphatic heterocycles. The van der Waals surface area contributed by atoms with E-state index in [9.17, 15) is 0 Å². The van der Waals surface area contributed by atoms with Crippen molar-refractivity contribution in [3.8, 4) is 0 Å². The number of nitrogens with one attached hydrogen (secondary N) is 1. The number of benzene rings is 1. The third-order valence-electron chi connectivity index (χ3n) is 3.48. The highest BCUT2D eigenvalue weighted by molar-refractivity contribution is 5.34. The quantitative estimate of drug-likeness (QED) is 0.792. The van der Waals surface area contributed by atoms with Crippen molar-refractivity contribution >= 4 is 0 Å². The Hall–Kier alpha value is -0.820. The summed E-state index contributed by atoms with van der Waals surface area (Å²) in [5.41, 5.74) is 4.34. The fraction of sp³-hybridized carbons (Fsp3) is 0.600. The second-order valence-electron chi connectivity index (χ2n) is 5.13. The Morgan fingerprint density at radius 1 is 1.31 bits per heavy atom. The van der Waals surface area contributed by atoms with Crippen LogP contribution in [0.1, 0.15) is 48.9 Å². The van der Waals surface area contributed by atoms with Gasteiger partial charge in [-0.25, -0.2) is 0 Å². The van der Waals surface area contributed by atoms with Crippen LogP contribution < -0.4 is 5.32 Å². The van der Waals surface area contributed by atoms with Gasteiger partial charge in [-0.15, -0.1) is 0 Å². The van der Waals surface area contributed by atoms with Gasteiger partial charge in [-0.2, -0.15) is 0 Å². The van der Waals surface area contributed by atoms with Crippen LogP contribution in [0.25, 0.3) is 0 Å². The lowest BCUT2D eigenvalue weighted by molar-refractivity contribution is 0.479. The minimum Gasteiger partial charge on any atom is -0.310 e. The Bertz CT molecular complexity index is 352. The van der Waals surface area contributed by atoms with Crippen LogP contribution in [0.15, 0.2) is 18.2 Å². The summed E-state index contributed by atoms with van der Waals surface area (Å²) in [5, 5.41) is 3.72. The molecule has 0 spiro atoms. The molecule has 16 heavy (non-hydrogen) atoms. The lowest BCUT2D eigenvalue weighted by atomic mass is 9.95. The topological polar surface area (TPSA) is 12.0 Å². The molecule has 1 N–H and O–H groups in total. The molecule has 0 bridgehead atoms. The van der Waals surface area contributed by atoms with Crippen LogP contribution in [0.3, 0.4) is 0 Å². The second-order valence-corrected chi connectivity index (χ2v) is 5.13. The first-order valence-corrected chi connectivity index (χ1v) is 6.53. The molecule has 0 saturated heterocycles. The molecule has 0 aromatic heterocycles. The monoisotopic (exact) mass is 217 g/mol. The minimum absolute atomic E-state index is 0.597. The van der Waals surface area contributed by atoms with Gasteiger partial charge in [-0.1, -0.05) is 30.7 Å². The van der Waals surface area contributed by atoms with Gasteiger partial charge < -0.3 is 5.32 Å². The van der Waals surface area contributed by atoms with Crippen molar-refractivity contribution in [2.24, 2.45) is 5.92 Å². The van der Waals surface area contributed by atoms with Crippen molar-refractivity contribution in [3.63, 3.8) is 0 Å². The SMILES string of the molecule is CCCNC(c1cc(C)ccc1C)C1CC1. The third kappa shape index (κ3) is 2.65. The maximum absolute atomic E-state index is 3.72. The zero-order chi connectivity index (χ0) is 11.5. The van der Waals surface area contributed by atoms with Crippen LogP contribution in [0.2, 0.25) is 0 Å². The number of hydrogen-bond acceptors (Lipinski definition) is 1. The van der Waals surface area contributed by atoms with Crippen LogP contribution in [0.5, 0.6) is 0 Å². The highest BCUT2D eigenvalue weighted by atomic mass is 14.9. The molecule has 0 amide bonds. The van der Waals surface area contributed by atoms with Crippen molar-refractivity contribution in [2.45, 2.75) is 46.1 Å². The lowest BCUT2D eigenvalue weighted by Gasteiger charge is -2.21. The number of hydrogen-bond donors (Lipinski definition) is 1. The average molecular weight is 217 g/mol. The minimum atomic E-state index is 0.597. The van der Waals surface area contributed by atoms with E-state index >= 15 is 0 Å². The fourth-order valence-corrected chi connectivity index (χ4v) is 2.35. The summed E-state index contributed by atoms with van der Waals surface area (Å²) >= 11 is 0. The van der Waals surface area contributed by atoms with E-state index in [0.717, 1.165) is 12.5 Å². The van der Waals surface area contributed by atoms with Gasteiger partial charge in [0, 0.05) is 6.04 Å². The maximum Gasteiger partial charge on any atom is 0.0351 e. The normalized spacial score (nSPS) is 17.4. The summed E-state index contributed by atoms with van der Waals surface area (Å²) in [5.74, 6) is 0.882. The van der Waals surface area contributed by atoms with E-state index < -0.39 is 0 Å². The first kappa shape index (κ1) is 11.7. The van der Waals surface area contributed by atoms with Crippen LogP contribution >= 0.6 is 0 Å². The Morgan fingerprint density at radius 2 is 2.06 bits per heavy atom. The van der Waals surface area contributed by atoms with E-state index in [4.69, 9.17) is 0 Å². The van der Waals surface area contributed by atoms with E-state index in [1.54, 1.807) is 0 Å². The van der Waals surface area contributed by atoms with E-state index in [1.165, 1.54) is 36.0 Å². The second kappa shape index (κ2) is 5.01. The summed E-state index contributed by atoms with van der Waals surface area (Å²) < 4.78 is 0. The highest BCUT2D eigenvalue weighted by Gasteiger charge is 2.32. The molecule has 1 heteroatoms. The summed E-state index contributed by atoms with van der Waals surface area (Å²) in [6.07, 6.45) is 4.01. The molecule has 2 rings (SSSR count). The first-order chi connectivity index (χ1) is 7.72. The predicted molar refractivity (Wildman–Crippen MR) is 69.7 cm³/mol. The van der Waals surface area contributed by atoms with Crippen LogP contribution in [-0.2, 0) is 0 Å². The van der Waals surface area contributed by atoms with Gasteiger partial charge in [0.2, 0.25) is 0 Å². The molecule has 1 aliphatic carbocycles. The molecule has 0 heterocycles. The Balaban J connectivity index is 2.19. The molecule has 1 atom stereocenters. The molecular weight excluding hydrogens is 194 g/mol. The van der Waals surface area contributed by atoms with Crippen LogP contribution in [0.4, 0.5) is 0 Å². The average Bonchev–Trinajstić information content (AvgIpc) is 3.08. The van der Waals surface area contributed by atoms with Crippen molar-refractivity contribution < 1.29 is 0 Å². The first-order valence-electron chi connectivity index (χ1n) is 6.53. The predicted octanol–water partition coefficient (Wildman–Crippen LogP) is 3.75. The molecule has 1 nitrogen and oxygen atoms in total. The van der Waals surface area contributed by atoms with Gasteiger partial charge in [0.15, 0.2) is 0 Å². The fourth-order valence-electron chi connectivity index (χ4n) is 2.35. The van der Waals surface area contributed by atoms with Gasteiger partial charge >= 0.3 is 0 Å². The lowest BCUT2D eigenvalue weighted by Crippen LogP contribution is -2.24. The smallest absolute Gasteiger partial charge is 0.0351 e. The standard InChI is InChI=1S/C15H23N/c1-4-9-16-15(13-7-8-13)14-10-11(2)5-6-12(14)3/h5-6,10,13,15-16H,4,7-9H2,1-3H3. The molecule has 1 aromatic carbocycles. The van der Waals surface area contributed by atoms with Gasteiger partial charge in [0.05, 0.1) is 0 Å². The maximum atomic E-state index is 3.72. The number of rotatable bonds is 5. The molecule has 88 valence electrons. The highest BCUT2D eigenvalue weighted by Crippen LogP contribution is 2.42. The Labute approximate surface area is 99.3 Å². The van der Waals surface area contributed by atoms with Crippen molar-refractivity contribution in [1.82, 2.24) is 5.32 Å². The summed E-state index contributed by atoms with van der Waals surface area (Å²) in [4.78, 5) is 0. The summed E-state index contributed by atoms with van der Waals surface area (Å²) in [6.45, 7) is 7.79. The molecule has 1 saturated carbocycles. The van der Waals surface area contributed by atoms with Gasteiger partial charge in [0.25, 0.3) is 0 Å². The molecular formula is C15H23N. The van der Waals surface area contributed by atoms with Crippen LogP contribution in [-0.4, -0.2) is 6.54 Å². The van der Waals surface area contributed by atoms with Crippen molar-refractivity contribution in [2.75, 3.05) is 6.54 Å². The molecule has 1 aromatic rings. The van der Waals surface area contributed by atoms with E-state index in [0.29, 0.717) is 6.04 Å².